The number of methoxy groups -OCH3 is 1. The Morgan fingerprint density at radius 3 is 2.74 bits per heavy atom. The van der Waals surface area contributed by atoms with Gasteiger partial charge in [-0.05, 0) is 19.1 Å². The van der Waals surface area contributed by atoms with Crippen LogP contribution >= 0.6 is 12.4 Å². The number of nitrogens with two attached hydrogens (primary N) is 1. The first-order chi connectivity index (χ1) is 10.6. The minimum atomic E-state index is -0.391. The molecule has 2 rings (SSSR count). The van der Waals surface area contributed by atoms with E-state index in [9.17, 15) is 4.79 Å². The van der Waals surface area contributed by atoms with Crippen LogP contribution in [-0.4, -0.2) is 29.7 Å². The van der Waals surface area contributed by atoms with Gasteiger partial charge < -0.3 is 20.3 Å². The van der Waals surface area contributed by atoms with Crippen LogP contribution in [0, 0.1) is 5.92 Å². The monoisotopic (exact) mass is 340 g/mol. The highest BCUT2D eigenvalue weighted by Gasteiger charge is 2.20. The molecule has 0 radical (unpaired) electrons. The molecule has 0 saturated carbocycles. The lowest BCUT2D eigenvalue weighted by Crippen LogP contribution is -2.35. The molecular formula is C15H21ClN4O3. The normalized spacial score (nSPS) is 12.9. The number of rotatable bonds is 6. The average Bonchev–Trinajstić information content (AvgIpc) is 3.03. The number of nitrogens with zero attached hydrogens (tertiary/aromatic N) is 2. The third-order valence-corrected chi connectivity index (χ3v) is 3.32. The Morgan fingerprint density at radius 2 is 2.09 bits per heavy atom. The lowest BCUT2D eigenvalue weighted by molar-refractivity contribution is -0.125. The van der Waals surface area contributed by atoms with Gasteiger partial charge in [-0.1, -0.05) is 24.2 Å². The van der Waals surface area contributed by atoms with Gasteiger partial charge in [0.1, 0.15) is 11.8 Å². The summed E-state index contributed by atoms with van der Waals surface area (Å²) in [4.78, 5) is 16.2. The predicted molar refractivity (Wildman–Crippen MR) is 88.3 cm³/mol. The molecule has 3 N–H and O–H groups in total. The number of nitrogens with one attached hydrogen (secondary N) is 1. The zero-order chi connectivity index (χ0) is 16.1. The summed E-state index contributed by atoms with van der Waals surface area (Å²) in [5, 5.41) is 6.74. The van der Waals surface area contributed by atoms with E-state index in [2.05, 4.69) is 15.5 Å². The van der Waals surface area contributed by atoms with Crippen LogP contribution in [0.2, 0.25) is 0 Å². The van der Waals surface area contributed by atoms with Crippen molar-refractivity contribution >= 4 is 18.3 Å². The number of halogens is 1. The Hall–Kier alpha value is -2.12. The van der Waals surface area contributed by atoms with Gasteiger partial charge >= 0.3 is 0 Å². The van der Waals surface area contributed by atoms with Crippen LogP contribution in [0.5, 0.6) is 5.75 Å². The smallest absolute Gasteiger partial charge is 0.249 e. The van der Waals surface area contributed by atoms with Gasteiger partial charge in [0.15, 0.2) is 0 Å². The fraction of sp³-hybridized carbons (Fsp3) is 0.400. The topological polar surface area (TPSA) is 103 Å². The molecule has 0 saturated heterocycles. The fourth-order valence-corrected chi connectivity index (χ4v) is 1.87. The molecule has 126 valence electrons. The van der Waals surface area contributed by atoms with Crippen molar-refractivity contribution in [3.63, 3.8) is 0 Å². The van der Waals surface area contributed by atoms with Crippen molar-refractivity contribution in [3.8, 4) is 17.1 Å². The Morgan fingerprint density at radius 1 is 1.39 bits per heavy atom. The molecule has 2 unspecified atom stereocenters. The largest absolute Gasteiger partial charge is 0.496 e. The zero-order valence-corrected chi connectivity index (χ0v) is 14.1. The van der Waals surface area contributed by atoms with Crippen molar-refractivity contribution in [2.24, 2.45) is 11.7 Å². The lowest BCUT2D eigenvalue weighted by Gasteiger charge is -2.13. The maximum Gasteiger partial charge on any atom is 0.249 e. The van der Waals surface area contributed by atoms with E-state index >= 15 is 0 Å². The number of carbonyl (C=O) groups is 1. The average molecular weight is 341 g/mol. The van der Waals surface area contributed by atoms with Gasteiger partial charge in [0.2, 0.25) is 17.6 Å². The molecular weight excluding hydrogens is 320 g/mol. The molecule has 0 aliphatic rings. The second-order valence-electron chi connectivity index (χ2n) is 5.02. The summed E-state index contributed by atoms with van der Waals surface area (Å²) >= 11 is 0. The molecule has 0 aliphatic heterocycles. The summed E-state index contributed by atoms with van der Waals surface area (Å²) in [5.41, 5.74) is 6.20. The highest BCUT2D eigenvalue weighted by Crippen LogP contribution is 2.27. The van der Waals surface area contributed by atoms with Gasteiger partial charge in [0, 0.05) is 12.5 Å². The van der Waals surface area contributed by atoms with Crippen LogP contribution in [0.15, 0.2) is 28.8 Å². The number of ether oxygens (including phenoxy) is 1. The summed E-state index contributed by atoms with van der Waals surface area (Å²) in [7, 11) is 1.58. The molecule has 8 heteroatoms. The van der Waals surface area contributed by atoms with Crippen LogP contribution in [-0.2, 0) is 4.79 Å². The highest BCUT2D eigenvalue weighted by atomic mass is 35.5. The number of carbonyl (C=O) groups excluding carboxylic acids is 1. The Labute approximate surface area is 141 Å². The summed E-state index contributed by atoms with van der Waals surface area (Å²) in [6, 6.07) is 6.99. The van der Waals surface area contributed by atoms with Crippen LogP contribution in [0.1, 0.15) is 25.8 Å². The number of hydrogen-bond acceptors (Lipinski definition) is 6. The van der Waals surface area contributed by atoms with Crippen molar-refractivity contribution in [3.05, 3.63) is 30.2 Å². The third kappa shape index (κ3) is 4.43. The molecule has 0 spiro atoms. The van der Waals surface area contributed by atoms with Gasteiger partial charge in [-0.15, -0.1) is 12.4 Å². The Kier molecular flexibility index (Phi) is 6.99. The van der Waals surface area contributed by atoms with Gasteiger partial charge in [0.25, 0.3) is 0 Å². The van der Waals surface area contributed by atoms with E-state index in [1.54, 1.807) is 21.0 Å². The SMILES string of the molecule is COc1ccccc1-c1noc(C(C)NC(=O)C(C)CN)n1.Cl. The molecule has 0 aliphatic carbocycles. The molecule has 1 aromatic carbocycles. The van der Waals surface area contributed by atoms with E-state index in [1.165, 1.54) is 0 Å². The summed E-state index contributed by atoms with van der Waals surface area (Å²) in [6.45, 7) is 3.83. The summed E-state index contributed by atoms with van der Waals surface area (Å²) < 4.78 is 10.5. The van der Waals surface area contributed by atoms with Crippen LogP contribution in [0.25, 0.3) is 11.4 Å². The second-order valence-corrected chi connectivity index (χ2v) is 5.02. The second kappa shape index (κ2) is 8.50. The van der Waals surface area contributed by atoms with E-state index in [4.69, 9.17) is 15.0 Å². The molecule has 2 aromatic rings. The Bertz CT molecular complexity index is 647. The number of hydrogen-bond donors (Lipinski definition) is 2. The first-order valence-corrected chi connectivity index (χ1v) is 7.04. The Balaban J connectivity index is 0.00000264. The molecule has 23 heavy (non-hydrogen) atoms. The number of amides is 1. The van der Waals surface area contributed by atoms with Crippen molar-refractivity contribution < 1.29 is 14.1 Å². The number of para-hydroxylation sites is 1. The molecule has 0 fully saturated rings. The third-order valence-electron chi connectivity index (χ3n) is 3.32. The van der Waals surface area contributed by atoms with E-state index in [1.807, 2.05) is 24.3 Å². The van der Waals surface area contributed by atoms with Crippen molar-refractivity contribution in [1.29, 1.82) is 0 Å². The van der Waals surface area contributed by atoms with Crippen molar-refractivity contribution in [1.82, 2.24) is 15.5 Å². The van der Waals surface area contributed by atoms with Crippen molar-refractivity contribution in [2.75, 3.05) is 13.7 Å². The first-order valence-electron chi connectivity index (χ1n) is 7.04. The maximum absolute atomic E-state index is 11.8. The van der Waals surface area contributed by atoms with E-state index in [0.717, 1.165) is 5.56 Å². The van der Waals surface area contributed by atoms with Gasteiger partial charge in [-0.3, -0.25) is 4.79 Å². The number of benzene rings is 1. The maximum atomic E-state index is 11.8. The molecule has 1 aromatic heterocycles. The van der Waals surface area contributed by atoms with E-state index in [0.29, 0.717) is 17.5 Å². The van der Waals surface area contributed by atoms with E-state index < -0.39 is 6.04 Å². The fourth-order valence-electron chi connectivity index (χ4n) is 1.87. The number of aromatic nitrogens is 2. The lowest BCUT2D eigenvalue weighted by atomic mass is 10.1. The minimum absolute atomic E-state index is 0. The standard InChI is InChI=1S/C15H20N4O3.ClH/c1-9(8-16)14(20)17-10(2)15-18-13(19-22-15)11-6-4-5-7-12(11)21-3;/h4-7,9-10H,8,16H2,1-3H3,(H,17,20);1H. The van der Waals surface area contributed by atoms with Crippen LogP contribution < -0.4 is 15.8 Å². The predicted octanol–water partition coefficient (Wildman–Crippen LogP) is 1.94. The molecule has 7 nitrogen and oxygen atoms in total. The zero-order valence-electron chi connectivity index (χ0n) is 13.3. The molecule has 1 amide bonds. The summed E-state index contributed by atoms with van der Waals surface area (Å²) in [5.74, 6) is 0.994. The van der Waals surface area contributed by atoms with Gasteiger partial charge in [-0.2, -0.15) is 4.98 Å². The molecule has 2 atom stereocenters. The van der Waals surface area contributed by atoms with Crippen LogP contribution in [0.4, 0.5) is 0 Å². The molecule has 0 bridgehead atoms. The summed E-state index contributed by atoms with van der Waals surface area (Å²) in [6.07, 6.45) is 0. The quantitative estimate of drug-likeness (QED) is 0.832. The molecule has 1 heterocycles. The van der Waals surface area contributed by atoms with Crippen LogP contribution in [0.3, 0.4) is 0 Å². The van der Waals surface area contributed by atoms with Gasteiger partial charge in [-0.25, -0.2) is 0 Å². The highest BCUT2D eigenvalue weighted by molar-refractivity contribution is 5.85. The van der Waals surface area contributed by atoms with Gasteiger partial charge in [0.05, 0.1) is 12.7 Å². The van der Waals surface area contributed by atoms with Crippen molar-refractivity contribution in [2.45, 2.75) is 19.9 Å². The first kappa shape index (κ1) is 18.9. The minimum Gasteiger partial charge on any atom is -0.496 e. The van der Waals surface area contributed by atoms with E-state index in [-0.39, 0.29) is 30.8 Å².